The van der Waals surface area contributed by atoms with E-state index in [0.29, 0.717) is 18.7 Å². The molecule has 1 fully saturated rings. The van der Waals surface area contributed by atoms with E-state index in [1.807, 2.05) is 92.7 Å². The Kier molecular flexibility index (Phi) is 8.77. The maximum Gasteiger partial charge on any atom is 0.261 e. The molecule has 0 radical (unpaired) electrons. The highest BCUT2D eigenvalue weighted by Gasteiger charge is 2.32. The van der Waals surface area contributed by atoms with E-state index in [2.05, 4.69) is 5.32 Å². The lowest BCUT2D eigenvalue weighted by atomic mass is 10.0. The minimum absolute atomic E-state index is 0.0956. The molecular weight excluding hydrogens is 448 g/mol. The van der Waals surface area contributed by atoms with E-state index in [9.17, 15) is 9.59 Å². The molecule has 1 saturated carbocycles. The highest BCUT2D eigenvalue weighted by atomic mass is 16.5. The van der Waals surface area contributed by atoms with Crippen molar-refractivity contribution in [3.63, 3.8) is 0 Å². The van der Waals surface area contributed by atoms with Crippen LogP contribution in [0.5, 0.6) is 5.75 Å². The van der Waals surface area contributed by atoms with E-state index in [-0.39, 0.29) is 24.5 Å². The Labute approximate surface area is 214 Å². The summed E-state index contributed by atoms with van der Waals surface area (Å²) in [6.07, 6.45) is 4.69. The van der Waals surface area contributed by atoms with E-state index in [1.54, 1.807) is 4.90 Å². The molecule has 0 heterocycles. The molecule has 1 aliphatic rings. The number of carbonyl (C=O) groups is 2. The highest BCUT2D eigenvalue weighted by molar-refractivity contribution is 5.88. The molecule has 1 atom stereocenters. The standard InChI is InChI=1S/C31H36N2O3/c1-23-12-11-19-29(24(23)2)36-22-30(34)33(21-26-15-7-4-8-16-26)28(20-25-13-5-3-6-14-25)31(35)32-27-17-9-10-18-27/h3-8,11-16,19,27-28H,9-10,17-18,20-22H2,1-2H3,(H,32,35)/t28-/m1/s1. The predicted molar refractivity (Wildman–Crippen MR) is 143 cm³/mol. The normalized spacial score (nSPS) is 14.3. The first-order chi connectivity index (χ1) is 17.5. The molecular formula is C31H36N2O3. The number of amides is 2. The van der Waals surface area contributed by atoms with Crippen LogP contribution in [-0.4, -0.2) is 35.4 Å². The Balaban J connectivity index is 1.60. The zero-order valence-corrected chi connectivity index (χ0v) is 21.3. The third kappa shape index (κ3) is 6.75. The van der Waals surface area contributed by atoms with Crippen LogP contribution in [0.1, 0.15) is 47.9 Å². The van der Waals surface area contributed by atoms with E-state index in [4.69, 9.17) is 4.74 Å². The molecule has 0 bridgehead atoms. The predicted octanol–water partition coefficient (Wildman–Crippen LogP) is 5.38. The van der Waals surface area contributed by atoms with Gasteiger partial charge in [-0.25, -0.2) is 0 Å². The second-order valence-corrected chi connectivity index (χ2v) is 9.69. The summed E-state index contributed by atoms with van der Waals surface area (Å²) in [4.78, 5) is 29.1. The molecule has 0 aliphatic heterocycles. The van der Waals surface area contributed by atoms with Crippen molar-refractivity contribution in [1.82, 2.24) is 10.2 Å². The quantitative estimate of drug-likeness (QED) is 0.420. The first-order valence-electron chi connectivity index (χ1n) is 12.9. The second kappa shape index (κ2) is 12.4. The summed E-state index contributed by atoms with van der Waals surface area (Å²) < 4.78 is 5.99. The van der Waals surface area contributed by atoms with Crippen LogP contribution in [0.25, 0.3) is 0 Å². The van der Waals surface area contributed by atoms with Crippen LogP contribution in [-0.2, 0) is 22.6 Å². The largest absolute Gasteiger partial charge is 0.483 e. The van der Waals surface area contributed by atoms with Gasteiger partial charge in [-0.15, -0.1) is 0 Å². The number of carbonyl (C=O) groups excluding carboxylic acids is 2. The number of ether oxygens (including phenoxy) is 1. The van der Waals surface area contributed by atoms with Crippen LogP contribution in [0.3, 0.4) is 0 Å². The van der Waals surface area contributed by atoms with Crippen LogP contribution in [0.4, 0.5) is 0 Å². The molecule has 5 nitrogen and oxygen atoms in total. The lowest BCUT2D eigenvalue weighted by Crippen LogP contribution is -2.53. The van der Waals surface area contributed by atoms with Gasteiger partial charge in [-0.2, -0.15) is 0 Å². The molecule has 0 unspecified atom stereocenters. The van der Waals surface area contributed by atoms with Crippen LogP contribution in [0.15, 0.2) is 78.9 Å². The molecule has 3 aromatic carbocycles. The van der Waals surface area contributed by atoms with Crippen molar-refractivity contribution in [2.75, 3.05) is 6.61 Å². The first-order valence-corrected chi connectivity index (χ1v) is 12.9. The number of hydrogen-bond acceptors (Lipinski definition) is 3. The van der Waals surface area contributed by atoms with E-state index < -0.39 is 6.04 Å². The number of hydrogen-bond donors (Lipinski definition) is 1. The van der Waals surface area contributed by atoms with Gasteiger partial charge in [0.1, 0.15) is 11.8 Å². The zero-order chi connectivity index (χ0) is 25.3. The van der Waals surface area contributed by atoms with E-state index in [1.165, 1.54) is 0 Å². The van der Waals surface area contributed by atoms with Crippen LogP contribution < -0.4 is 10.1 Å². The smallest absolute Gasteiger partial charge is 0.261 e. The van der Waals surface area contributed by atoms with Gasteiger partial charge >= 0.3 is 0 Å². The Morgan fingerprint density at radius 3 is 2.19 bits per heavy atom. The molecule has 3 aromatic rings. The average molecular weight is 485 g/mol. The Morgan fingerprint density at radius 2 is 1.53 bits per heavy atom. The van der Waals surface area contributed by atoms with Crippen LogP contribution >= 0.6 is 0 Å². The topological polar surface area (TPSA) is 58.6 Å². The number of benzene rings is 3. The molecule has 0 spiro atoms. The van der Waals surface area contributed by atoms with Gasteiger partial charge in [-0.1, -0.05) is 85.6 Å². The second-order valence-electron chi connectivity index (χ2n) is 9.69. The Morgan fingerprint density at radius 1 is 0.889 bits per heavy atom. The van der Waals surface area contributed by atoms with Gasteiger partial charge in [0, 0.05) is 19.0 Å². The third-order valence-electron chi connectivity index (χ3n) is 7.07. The fourth-order valence-corrected chi connectivity index (χ4v) is 4.80. The van der Waals surface area contributed by atoms with Gasteiger partial charge in [0.2, 0.25) is 5.91 Å². The van der Waals surface area contributed by atoms with Gasteiger partial charge in [0.15, 0.2) is 6.61 Å². The van der Waals surface area contributed by atoms with E-state index in [0.717, 1.165) is 47.9 Å². The molecule has 4 rings (SSSR count). The van der Waals surface area contributed by atoms with E-state index >= 15 is 0 Å². The van der Waals surface area contributed by atoms with Crippen molar-refractivity contribution >= 4 is 11.8 Å². The number of rotatable bonds is 10. The molecule has 0 saturated heterocycles. The summed E-state index contributed by atoms with van der Waals surface area (Å²) in [5, 5.41) is 3.24. The Bertz CT molecular complexity index is 1140. The van der Waals surface area contributed by atoms with Gasteiger partial charge in [0.05, 0.1) is 0 Å². The molecule has 36 heavy (non-hydrogen) atoms. The maximum absolute atomic E-state index is 13.7. The minimum Gasteiger partial charge on any atom is -0.483 e. The third-order valence-corrected chi connectivity index (χ3v) is 7.07. The summed E-state index contributed by atoms with van der Waals surface area (Å²) >= 11 is 0. The SMILES string of the molecule is Cc1cccc(OCC(=O)N(Cc2ccccc2)[C@H](Cc2ccccc2)C(=O)NC2CCCC2)c1C. The fraction of sp³-hybridized carbons (Fsp3) is 0.355. The lowest BCUT2D eigenvalue weighted by molar-refractivity contribution is -0.143. The maximum atomic E-state index is 13.7. The van der Waals surface area contributed by atoms with Crippen molar-refractivity contribution < 1.29 is 14.3 Å². The highest BCUT2D eigenvalue weighted by Crippen LogP contribution is 2.22. The molecule has 2 amide bonds. The fourth-order valence-electron chi connectivity index (χ4n) is 4.80. The monoisotopic (exact) mass is 484 g/mol. The van der Waals surface area contributed by atoms with Crippen LogP contribution in [0.2, 0.25) is 0 Å². The lowest BCUT2D eigenvalue weighted by Gasteiger charge is -2.32. The van der Waals surface area contributed by atoms with Gasteiger partial charge in [-0.3, -0.25) is 9.59 Å². The number of nitrogens with one attached hydrogen (secondary N) is 1. The van der Waals surface area contributed by atoms with Crippen molar-refractivity contribution in [1.29, 1.82) is 0 Å². The van der Waals surface area contributed by atoms with Crippen molar-refractivity contribution in [3.05, 3.63) is 101 Å². The van der Waals surface area contributed by atoms with Gasteiger partial charge < -0.3 is 15.0 Å². The first kappa shape index (κ1) is 25.5. The molecule has 5 heteroatoms. The summed E-state index contributed by atoms with van der Waals surface area (Å²) in [5.74, 6) is 0.391. The summed E-state index contributed by atoms with van der Waals surface area (Å²) in [6.45, 7) is 4.23. The van der Waals surface area contributed by atoms with Gasteiger partial charge in [-0.05, 0) is 55.0 Å². The van der Waals surface area contributed by atoms with Gasteiger partial charge in [0.25, 0.3) is 5.91 Å². The molecule has 188 valence electrons. The molecule has 1 aliphatic carbocycles. The summed E-state index contributed by atoms with van der Waals surface area (Å²) in [5.41, 5.74) is 4.12. The van der Waals surface area contributed by atoms with Crippen molar-refractivity contribution in [2.45, 2.75) is 64.6 Å². The Hall–Kier alpha value is -3.60. The van der Waals surface area contributed by atoms with Crippen molar-refractivity contribution in [3.8, 4) is 5.75 Å². The molecule has 0 aromatic heterocycles. The summed E-state index contributed by atoms with van der Waals surface area (Å²) in [6, 6.07) is 25.1. The van der Waals surface area contributed by atoms with Crippen molar-refractivity contribution in [2.24, 2.45) is 0 Å². The number of aryl methyl sites for hydroxylation is 1. The zero-order valence-electron chi connectivity index (χ0n) is 21.3. The average Bonchev–Trinajstić information content (AvgIpc) is 3.41. The minimum atomic E-state index is -0.636. The summed E-state index contributed by atoms with van der Waals surface area (Å²) in [7, 11) is 0. The molecule has 1 N–H and O–H groups in total. The number of nitrogens with zero attached hydrogens (tertiary/aromatic N) is 1. The van der Waals surface area contributed by atoms with Crippen LogP contribution in [0, 0.1) is 13.8 Å².